The number of aromatic nitrogens is 3. The number of amides is 1. The summed E-state index contributed by atoms with van der Waals surface area (Å²) in [6.07, 6.45) is 5.29. The van der Waals surface area contributed by atoms with Gasteiger partial charge in [-0.1, -0.05) is 12.1 Å². The van der Waals surface area contributed by atoms with E-state index in [-0.39, 0.29) is 11.3 Å². The molecule has 1 amide bonds. The third-order valence-electron chi connectivity index (χ3n) is 3.74. The predicted molar refractivity (Wildman–Crippen MR) is 67.9 cm³/mol. The van der Waals surface area contributed by atoms with Crippen LogP contribution in [0.2, 0.25) is 0 Å². The van der Waals surface area contributed by atoms with Crippen LogP contribution in [-0.4, -0.2) is 52.5 Å². The maximum Gasteiger partial charge on any atom is 0.226 e. The molecule has 2 heterocycles. The minimum absolute atomic E-state index is 0.163. The molecule has 0 radical (unpaired) electrons. The van der Waals surface area contributed by atoms with E-state index in [2.05, 4.69) is 34.5 Å². The van der Waals surface area contributed by atoms with Crippen LogP contribution in [-0.2, 0) is 11.3 Å². The minimum Gasteiger partial charge on any atom is -0.354 e. The summed E-state index contributed by atoms with van der Waals surface area (Å²) in [5.74, 6) is 0.163. The molecule has 2 rings (SSSR count). The Morgan fingerprint density at radius 3 is 2.78 bits per heavy atom. The molecule has 18 heavy (non-hydrogen) atoms. The van der Waals surface area contributed by atoms with Gasteiger partial charge >= 0.3 is 0 Å². The van der Waals surface area contributed by atoms with Gasteiger partial charge in [0.15, 0.2) is 0 Å². The maximum atomic E-state index is 12.2. The number of rotatable bonds is 4. The Morgan fingerprint density at radius 1 is 1.44 bits per heavy atom. The molecule has 6 heteroatoms. The van der Waals surface area contributed by atoms with Gasteiger partial charge in [0, 0.05) is 18.2 Å². The fraction of sp³-hybridized carbons (Fsp3) is 0.750. The van der Waals surface area contributed by atoms with Crippen molar-refractivity contribution in [3.8, 4) is 0 Å². The van der Waals surface area contributed by atoms with Crippen LogP contribution in [0.1, 0.15) is 19.8 Å². The van der Waals surface area contributed by atoms with Gasteiger partial charge in [-0.2, -0.15) is 0 Å². The maximum absolute atomic E-state index is 12.2. The molecule has 100 valence electrons. The molecule has 0 bridgehead atoms. The van der Waals surface area contributed by atoms with Crippen LogP contribution < -0.4 is 5.32 Å². The highest BCUT2D eigenvalue weighted by atomic mass is 16.2. The summed E-state index contributed by atoms with van der Waals surface area (Å²) < 4.78 is 1.72. The molecule has 6 nitrogen and oxygen atoms in total. The SMILES string of the molecule is CN1CCC(C)(C(=O)NCCn2ccnn2)CC1. The molecule has 0 unspecified atom stereocenters. The van der Waals surface area contributed by atoms with Gasteiger partial charge in [-0.05, 0) is 33.0 Å². The van der Waals surface area contributed by atoms with E-state index in [0.717, 1.165) is 25.9 Å². The Morgan fingerprint density at radius 2 is 2.17 bits per heavy atom. The molecular weight excluding hydrogens is 230 g/mol. The molecule has 0 saturated carbocycles. The molecule has 0 aliphatic carbocycles. The first kappa shape index (κ1) is 13.0. The third-order valence-corrected chi connectivity index (χ3v) is 3.74. The number of piperidine rings is 1. The summed E-state index contributed by atoms with van der Waals surface area (Å²) in [4.78, 5) is 14.4. The van der Waals surface area contributed by atoms with Crippen LogP contribution in [0.4, 0.5) is 0 Å². The second-order valence-corrected chi connectivity index (χ2v) is 5.29. The molecule has 0 atom stereocenters. The van der Waals surface area contributed by atoms with Crippen molar-refractivity contribution < 1.29 is 4.79 Å². The average Bonchev–Trinajstić information content (AvgIpc) is 2.86. The lowest BCUT2D eigenvalue weighted by Crippen LogP contribution is -2.46. The van der Waals surface area contributed by atoms with Gasteiger partial charge in [0.25, 0.3) is 0 Å². The summed E-state index contributed by atoms with van der Waals surface area (Å²) in [5, 5.41) is 10.6. The van der Waals surface area contributed by atoms with E-state index < -0.39 is 0 Å². The molecule has 0 spiro atoms. The van der Waals surface area contributed by atoms with Gasteiger partial charge in [0.1, 0.15) is 0 Å². The summed E-state index contributed by atoms with van der Waals surface area (Å²) in [5.41, 5.74) is -0.213. The van der Waals surface area contributed by atoms with Crippen LogP contribution in [0.25, 0.3) is 0 Å². The van der Waals surface area contributed by atoms with Crippen molar-refractivity contribution in [3.63, 3.8) is 0 Å². The van der Waals surface area contributed by atoms with Crippen molar-refractivity contribution in [1.29, 1.82) is 0 Å². The molecular formula is C12H21N5O. The van der Waals surface area contributed by atoms with Gasteiger partial charge in [0.2, 0.25) is 5.91 Å². The number of carbonyl (C=O) groups is 1. The number of hydrogen-bond acceptors (Lipinski definition) is 4. The smallest absolute Gasteiger partial charge is 0.226 e. The van der Waals surface area contributed by atoms with E-state index in [1.54, 1.807) is 17.1 Å². The quantitative estimate of drug-likeness (QED) is 0.826. The second-order valence-electron chi connectivity index (χ2n) is 5.29. The van der Waals surface area contributed by atoms with E-state index >= 15 is 0 Å². The average molecular weight is 251 g/mol. The highest BCUT2D eigenvalue weighted by Crippen LogP contribution is 2.30. The monoisotopic (exact) mass is 251 g/mol. The van der Waals surface area contributed by atoms with E-state index in [1.165, 1.54) is 0 Å². The lowest BCUT2D eigenvalue weighted by Gasteiger charge is -2.36. The van der Waals surface area contributed by atoms with Crippen molar-refractivity contribution >= 4 is 5.91 Å². The lowest BCUT2D eigenvalue weighted by molar-refractivity contribution is -0.132. The van der Waals surface area contributed by atoms with E-state index in [9.17, 15) is 4.79 Å². The Hall–Kier alpha value is -1.43. The fourth-order valence-corrected chi connectivity index (χ4v) is 2.19. The van der Waals surface area contributed by atoms with Crippen LogP contribution in [0.3, 0.4) is 0 Å². The molecule has 0 aromatic carbocycles. The lowest BCUT2D eigenvalue weighted by atomic mass is 9.79. The highest BCUT2D eigenvalue weighted by molar-refractivity contribution is 5.82. The largest absolute Gasteiger partial charge is 0.354 e. The number of nitrogens with one attached hydrogen (secondary N) is 1. The van der Waals surface area contributed by atoms with Crippen LogP contribution >= 0.6 is 0 Å². The Labute approximate surface area is 107 Å². The first-order valence-electron chi connectivity index (χ1n) is 6.41. The predicted octanol–water partition coefficient (Wildman–Crippen LogP) is 0.126. The van der Waals surface area contributed by atoms with Gasteiger partial charge < -0.3 is 10.2 Å². The number of carbonyl (C=O) groups excluding carboxylic acids is 1. The minimum atomic E-state index is -0.213. The zero-order valence-corrected chi connectivity index (χ0v) is 11.1. The summed E-state index contributed by atoms with van der Waals surface area (Å²) in [6, 6.07) is 0. The fourth-order valence-electron chi connectivity index (χ4n) is 2.19. The Balaban J connectivity index is 1.77. The van der Waals surface area contributed by atoms with Crippen molar-refractivity contribution in [3.05, 3.63) is 12.4 Å². The molecule has 1 aromatic rings. The van der Waals surface area contributed by atoms with Crippen LogP contribution in [0.5, 0.6) is 0 Å². The topological polar surface area (TPSA) is 63.1 Å². The highest BCUT2D eigenvalue weighted by Gasteiger charge is 2.35. The van der Waals surface area contributed by atoms with Gasteiger partial charge in [0.05, 0.1) is 12.7 Å². The van der Waals surface area contributed by atoms with Crippen molar-refractivity contribution in [2.45, 2.75) is 26.3 Å². The van der Waals surface area contributed by atoms with Crippen molar-refractivity contribution in [2.75, 3.05) is 26.7 Å². The van der Waals surface area contributed by atoms with E-state index in [0.29, 0.717) is 13.1 Å². The summed E-state index contributed by atoms with van der Waals surface area (Å²) in [7, 11) is 2.10. The van der Waals surface area contributed by atoms with Gasteiger partial charge in [-0.3, -0.25) is 9.48 Å². The van der Waals surface area contributed by atoms with Gasteiger partial charge in [-0.25, -0.2) is 0 Å². The van der Waals surface area contributed by atoms with E-state index in [1.807, 2.05) is 0 Å². The van der Waals surface area contributed by atoms with E-state index in [4.69, 9.17) is 0 Å². The zero-order chi connectivity index (χ0) is 13.0. The molecule has 1 fully saturated rings. The van der Waals surface area contributed by atoms with Crippen LogP contribution in [0, 0.1) is 5.41 Å². The van der Waals surface area contributed by atoms with Gasteiger partial charge in [-0.15, -0.1) is 5.10 Å². The number of nitrogens with zero attached hydrogens (tertiary/aromatic N) is 4. The Bertz CT molecular complexity index is 381. The molecule has 1 aliphatic rings. The summed E-state index contributed by atoms with van der Waals surface area (Å²) in [6.45, 7) is 5.32. The summed E-state index contributed by atoms with van der Waals surface area (Å²) >= 11 is 0. The standard InChI is InChI=1S/C12H21N5O/c1-12(3-7-16(2)8-4-12)11(18)13-5-9-17-10-6-14-15-17/h6,10H,3-5,7-9H2,1-2H3,(H,13,18). The normalized spacial score (nSPS) is 19.7. The molecule has 1 aromatic heterocycles. The van der Waals surface area contributed by atoms with Crippen molar-refractivity contribution in [1.82, 2.24) is 25.2 Å². The van der Waals surface area contributed by atoms with Crippen LogP contribution in [0.15, 0.2) is 12.4 Å². The Kier molecular flexibility index (Phi) is 3.96. The second kappa shape index (κ2) is 5.48. The van der Waals surface area contributed by atoms with Crippen molar-refractivity contribution in [2.24, 2.45) is 5.41 Å². The first-order valence-corrected chi connectivity index (χ1v) is 6.41. The number of likely N-dealkylation sites (tertiary alicyclic amines) is 1. The number of hydrogen-bond donors (Lipinski definition) is 1. The first-order chi connectivity index (χ1) is 8.60. The molecule has 1 saturated heterocycles. The third kappa shape index (κ3) is 3.07. The molecule has 1 aliphatic heterocycles. The molecule has 1 N–H and O–H groups in total. The zero-order valence-electron chi connectivity index (χ0n) is 11.1.